The van der Waals surface area contributed by atoms with Gasteiger partial charge in [-0.1, -0.05) is 0 Å². The largest absolute Gasteiger partial charge is 0.325 e. The van der Waals surface area contributed by atoms with Crippen LogP contribution in [0.4, 0.5) is 4.39 Å². The normalized spacial score (nSPS) is 10.6. The zero-order valence-corrected chi connectivity index (χ0v) is 8.44. The zero-order chi connectivity index (χ0) is 10.8. The maximum absolute atomic E-state index is 12.7. The first kappa shape index (κ1) is 9.86. The van der Waals surface area contributed by atoms with Gasteiger partial charge in [-0.05, 0) is 31.2 Å². The summed E-state index contributed by atoms with van der Waals surface area (Å²) in [6, 6.07) is 6.28. The quantitative estimate of drug-likeness (QED) is 0.812. The Morgan fingerprint density at radius 2 is 2.00 bits per heavy atom. The Balaban J connectivity index is 2.44. The summed E-state index contributed by atoms with van der Waals surface area (Å²) in [7, 11) is 0. The van der Waals surface area contributed by atoms with E-state index in [2.05, 4.69) is 4.98 Å². The highest BCUT2D eigenvalue weighted by molar-refractivity contribution is 5.34. The minimum Gasteiger partial charge on any atom is -0.325 e. The van der Waals surface area contributed by atoms with Gasteiger partial charge in [-0.25, -0.2) is 9.37 Å². The predicted molar refractivity (Wildman–Crippen MR) is 56.2 cm³/mol. The summed E-state index contributed by atoms with van der Waals surface area (Å²) in [5.74, 6) is 0.609. The second kappa shape index (κ2) is 3.82. The molecular weight excluding hydrogens is 193 g/mol. The summed E-state index contributed by atoms with van der Waals surface area (Å²) in [6.45, 7) is 2.30. The van der Waals surface area contributed by atoms with E-state index >= 15 is 0 Å². The van der Waals surface area contributed by atoms with Gasteiger partial charge < -0.3 is 10.3 Å². The van der Waals surface area contributed by atoms with Crippen molar-refractivity contribution in [2.45, 2.75) is 13.5 Å². The lowest BCUT2D eigenvalue weighted by atomic mass is 10.3. The SMILES string of the molecule is Cc1nc(CN)cn1-c1ccc(F)cc1. The monoisotopic (exact) mass is 205 g/mol. The van der Waals surface area contributed by atoms with Crippen molar-refractivity contribution in [1.82, 2.24) is 9.55 Å². The Hall–Kier alpha value is -1.68. The van der Waals surface area contributed by atoms with E-state index in [1.165, 1.54) is 12.1 Å². The topological polar surface area (TPSA) is 43.8 Å². The molecule has 0 fully saturated rings. The molecule has 0 atom stereocenters. The molecule has 1 aromatic heterocycles. The molecule has 0 radical (unpaired) electrons. The van der Waals surface area contributed by atoms with Crippen LogP contribution < -0.4 is 5.73 Å². The van der Waals surface area contributed by atoms with Crippen molar-refractivity contribution in [1.29, 1.82) is 0 Å². The average Bonchev–Trinajstić information content (AvgIpc) is 2.61. The Kier molecular flexibility index (Phi) is 2.51. The Morgan fingerprint density at radius 3 is 2.53 bits per heavy atom. The summed E-state index contributed by atoms with van der Waals surface area (Å²) in [5.41, 5.74) is 7.22. The highest BCUT2D eigenvalue weighted by atomic mass is 19.1. The Bertz CT molecular complexity index is 459. The van der Waals surface area contributed by atoms with Gasteiger partial charge in [-0.2, -0.15) is 0 Å². The number of rotatable bonds is 2. The van der Waals surface area contributed by atoms with Crippen LogP contribution >= 0.6 is 0 Å². The van der Waals surface area contributed by atoms with Crippen LogP contribution in [0.5, 0.6) is 0 Å². The molecule has 0 amide bonds. The van der Waals surface area contributed by atoms with Gasteiger partial charge in [0.25, 0.3) is 0 Å². The summed E-state index contributed by atoms with van der Waals surface area (Å²) in [5, 5.41) is 0. The van der Waals surface area contributed by atoms with E-state index in [1.54, 1.807) is 12.1 Å². The van der Waals surface area contributed by atoms with Crippen LogP contribution in [0, 0.1) is 12.7 Å². The molecular formula is C11H12FN3. The van der Waals surface area contributed by atoms with Gasteiger partial charge in [0, 0.05) is 18.4 Å². The van der Waals surface area contributed by atoms with Crippen molar-refractivity contribution < 1.29 is 4.39 Å². The molecule has 0 spiro atoms. The molecule has 0 aliphatic heterocycles. The van der Waals surface area contributed by atoms with Crippen LogP contribution in [-0.2, 0) is 6.54 Å². The first-order chi connectivity index (χ1) is 7.20. The second-order valence-electron chi connectivity index (χ2n) is 3.33. The van der Waals surface area contributed by atoms with Crippen LogP contribution in [0.2, 0.25) is 0 Å². The van der Waals surface area contributed by atoms with E-state index in [4.69, 9.17) is 5.73 Å². The second-order valence-corrected chi connectivity index (χ2v) is 3.33. The van der Waals surface area contributed by atoms with Crippen molar-refractivity contribution in [3.63, 3.8) is 0 Å². The molecule has 0 bridgehead atoms. The predicted octanol–water partition coefficient (Wildman–Crippen LogP) is 1.78. The smallest absolute Gasteiger partial charge is 0.123 e. The van der Waals surface area contributed by atoms with Crippen molar-refractivity contribution in [3.8, 4) is 5.69 Å². The molecule has 3 nitrogen and oxygen atoms in total. The fraction of sp³-hybridized carbons (Fsp3) is 0.182. The van der Waals surface area contributed by atoms with Gasteiger partial charge in [-0.15, -0.1) is 0 Å². The molecule has 0 aliphatic carbocycles. The third kappa shape index (κ3) is 1.89. The maximum Gasteiger partial charge on any atom is 0.123 e. The lowest BCUT2D eigenvalue weighted by Gasteiger charge is -2.03. The fourth-order valence-electron chi connectivity index (χ4n) is 1.49. The number of hydrogen-bond donors (Lipinski definition) is 1. The number of nitrogens with zero attached hydrogens (tertiary/aromatic N) is 2. The molecule has 0 aliphatic rings. The molecule has 78 valence electrons. The number of aromatic nitrogens is 2. The number of hydrogen-bond acceptors (Lipinski definition) is 2. The van der Waals surface area contributed by atoms with Crippen LogP contribution in [0.15, 0.2) is 30.5 Å². The number of benzene rings is 1. The lowest BCUT2D eigenvalue weighted by Crippen LogP contribution is -1.96. The molecule has 1 aromatic carbocycles. The minimum absolute atomic E-state index is 0.240. The minimum atomic E-state index is -0.240. The van der Waals surface area contributed by atoms with Crippen LogP contribution in [0.1, 0.15) is 11.5 Å². The van der Waals surface area contributed by atoms with Crippen LogP contribution in [0.25, 0.3) is 5.69 Å². The molecule has 2 N–H and O–H groups in total. The van der Waals surface area contributed by atoms with Crippen LogP contribution in [-0.4, -0.2) is 9.55 Å². The van der Waals surface area contributed by atoms with E-state index < -0.39 is 0 Å². The molecule has 2 aromatic rings. The summed E-state index contributed by atoms with van der Waals surface area (Å²) in [4.78, 5) is 4.27. The Labute approximate surface area is 87.4 Å². The number of halogens is 1. The number of aryl methyl sites for hydroxylation is 1. The first-order valence-electron chi connectivity index (χ1n) is 4.71. The third-order valence-electron chi connectivity index (χ3n) is 2.25. The average molecular weight is 205 g/mol. The van der Waals surface area contributed by atoms with Gasteiger partial charge >= 0.3 is 0 Å². The summed E-state index contributed by atoms with van der Waals surface area (Å²) < 4.78 is 14.6. The van der Waals surface area contributed by atoms with E-state index in [-0.39, 0.29) is 5.82 Å². The summed E-state index contributed by atoms with van der Waals surface area (Å²) in [6.07, 6.45) is 1.86. The van der Waals surface area contributed by atoms with Gasteiger partial charge in [0.1, 0.15) is 11.6 Å². The van der Waals surface area contributed by atoms with Crippen LogP contribution in [0.3, 0.4) is 0 Å². The first-order valence-corrected chi connectivity index (χ1v) is 4.71. The molecule has 4 heteroatoms. The standard InChI is InChI=1S/C11H12FN3/c1-8-14-10(6-13)7-15(8)11-4-2-9(12)3-5-11/h2-5,7H,6,13H2,1H3. The zero-order valence-electron chi connectivity index (χ0n) is 8.44. The van der Waals surface area contributed by atoms with Gasteiger partial charge in [0.2, 0.25) is 0 Å². The highest BCUT2D eigenvalue weighted by Crippen LogP contribution is 2.12. The molecule has 0 saturated heterocycles. The van der Waals surface area contributed by atoms with Crippen molar-refractivity contribution in [3.05, 3.63) is 47.8 Å². The van der Waals surface area contributed by atoms with Gasteiger partial charge in [0.15, 0.2) is 0 Å². The van der Waals surface area contributed by atoms with E-state index in [9.17, 15) is 4.39 Å². The Morgan fingerprint density at radius 1 is 1.33 bits per heavy atom. The number of imidazole rings is 1. The van der Waals surface area contributed by atoms with Crippen molar-refractivity contribution in [2.75, 3.05) is 0 Å². The van der Waals surface area contributed by atoms with Crippen molar-refractivity contribution in [2.24, 2.45) is 5.73 Å². The molecule has 2 rings (SSSR count). The van der Waals surface area contributed by atoms with Gasteiger partial charge in [0.05, 0.1) is 5.69 Å². The lowest BCUT2D eigenvalue weighted by molar-refractivity contribution is 0.627. The number of nitrogens with two attached hydrogens (primary N) is 1. The maximum atomic E-state index is 12.7. The third-order valence-corrected chi connectivity index (χ3v) is 2.25. The molecule has 15 heavy (non-hydrogen) atoms. The van der Waals surface area contributed by atoms with E-state index in [1.807, 2.05) is 17.7 Å². The van der Waals surface area contributed by atoms with E-state index in [0.29, 0.717) is 6.54 Å². The summed E-state index contributed by atoms with van der Waals surface area (Å²) >= 11 is 0. The van der Waals surface area contributed by atoms with E-state index in [0.717, 1.165) is 17.2 Å². The van der Waals surface area contributed by atoms with Crippen molar-refractivity contribution >= 4 is 0 Å². The van der Waals surface area contributed by atoms with Gasteiger partial charge in [-0.3, -0.25) is 0 Å². The highest BCUT2D eigenvalue weighted by Gasteiger charge is 2.04. The fourth-order valence-corrected chi connectivity index (χ4v) is 1.49. The molecule has 0 saturated carbocycles. The molecule has 1 heterocycles. The molecule has 0 unspecified atom stereocenters.